The first kappa shape index (κ1) is 19.1. The van der Waals surface area contributed by atoms with Crippen LogP contribution in [-0.2, 0) is 20.9 Å². The zero-order valence-corrected chi connectivity index (χ0v) is 15.3. The van der Waals surface area contributed by atoms with Gasteiger partial charge in [-0.05, 0) is 5.56 Å². The van der Waals surface area contributed by atoms with Crippen LogP contribution in [0, 0.1) is 0 Å². The topological polar surface area (TPSA) is 88.6 Å². The number of amides is 1. The maximum Gasteiger partial charge on any atom is 0.246 e. The summed E-state index contributed by atoms with van der Waals surface area (Å²) in [4.78, 5) is 22.5. The van der Waals surface area contributed by atoms with Crippen molar-refractivity contribution in [2.45, 2.75) is 6.61 Å². The predicted octanol–water partition coefficient (Wildman–Crippen LogP) is 1.06. The summed E-state index contributed by atoms with van der Waals surface area (Å²) in [6.45, 7) is 4.62. The Morgan fingerprint density at radius 1 is 1.15 bits per heavy atom. The molecule has 2 heterocycles. The number of nitrogens with zero attached hydrogens (tertiary/aromatic N) is 3. The molecule has 8 heteroatoms. The van der Waals surface area contributed by atoms with E-state index in [0.717, 1.165) is 30.3 Å². The summed E-state index contributed by atoms with van der Waals surface area (Å²) >= 11 is 0. The molecular weight excluding hydrogens is 346 g/mol. The van der Waals surface area contributed by atoms with Crippen molar-refractivity contribution >= 4 is 17.5 Å². The minimum Gasteiger partial charge on any atom is -0.378 e. The number of carbonyl (C=O) groups is 1. The van der Waals surface area contributed by atoms with Gasteiger partial charge in [0.05, 0.1) is 19.8 Å². The van der Waals surface area contributed by atoms with Crippen molar-refractivity contribution in [2.24, 2.45) is 0 Å². The van der Waals surface area contributed by atoms with Gasteiger partial charge in [0, 0.05) is 32.2 Å². The summed E-state index contributed by atoms with van der Waals surface area (Å²) < 4.78 is 10.8. The Kier molecular flexibility index (Phi) is 7.37. The highest BCUT2D eigenvalue weighted by Crippen LogP contribution is 2.15. The number of aromatic nitrogens is 2. The molecule has 1 aliphatic rings. The molecule has 2 aromatic rings. The molecule has 27 heavy (non-hydrogen) atoms. The predicted molar refractivity (Wildman–Crippen MR) is 103 cm³/mol. The van der Waals surface area contributed by atoms with Gasteiger partial charge in [-0.3, -0.25) is 4.79 Å². The van der Waals surface area contributed by atoms with Gasteiger partial charge in [-0.2, -0.15) is 0 Å². The lowest BCUT2D eigenvalue weighted by atomic mass is 10.2. The Bertz CT molecular complexity index is 708. The lowest BCUT2D eigenvalue weighted by Crippen LogP contribution is -2.36. The van der Waals surface area contributed by atoms with Crippen molar-refractivity contribution in [1.82, 2.24) is 15.3 Å². The van der Waals surface area contributed by atoms with Crippen LogP contribution in [0.1, 0.15) is 5.56 Å². The fourth-order valence-electron chi connectivity index (χ4n) is 2.69. The normalized spacial score (nSPS) is 14.0. The average molecular weight is 371 g/mol. The van der Waals surface area contributed by atoms with Gasteiger partial charge in [-0.25, -0.2) is 9.97 Å². The van der Waals surface area contributed by atoms with E-state index in [1.54, 1.807) is 6.33 Å². The average Bonchev–Trinajstić information content (AvgIpc) is 2.73. The summed E-state index contributed by atoms with van der Waals surface area (Å²) in [7, 11) is 0. The number of nitrogens with one attached hydrogen (secondary N) is 2. The fraction of sp³-hybridized carbons (Fsp3) is 0.421. The first-order valence-electron chi connectivity index (χ1n) is 9.08. The molecule has 0 spiro atoms. The minimum absolute atomic E-state index is 0.0452. The molecule has 144 valence electrons. The van der Waals surface area contributed by atoms with Crippen LogP contribution in [0.3, 0.4) is 0 Å². The molecule has 2 N–H and O–H groups in total. The van der Waals surface area contributed by atoms with Gasteiger partial charge >= 0.3 is 0 Å². The molecule has 0 aliphatic carbocycles. The molecule has 0 atom stereocenters. The van der Waals surface area contributed by atoms with Crippen molar-refractivity contribution < 1.29 is 14.3 Å². The summed E-state index contributed by atoms with van der Waals surface area (Å²) in [5, 5.41) is 6.02. The lowest BCUT2D eigenvalue weighted by molar-refractivity contribution is -0.126. The molecule has 0 saturated carbocycles. The van der Waals surface area contributed by atoms with Crippen molar-refractivity contribution in [1.29, 1.82) is 0 Å². The monoisotopic (exact) mass is 371 g/mol. The maximum atomic E-state index is 11.8. The van der Waals surface area contributed by atoms with Crippen LogP contribution in [-0.4, -0.2) is 61.9 Å². The van der Waals surface area contributed by atoms with E-state index in [1.165, 1.54) is 0 Å². The number of carbonyl (C=O) groups excluding carboxylic acids is 1. The smallest absolute Gasteiger partial charge is 0.246 e. The summed E-state index contributed by atoms with van der Waals surface area (Å²) in [6.07, 6.45) is 1.54. The SMILES string of the molecule is O=C(COCc1ccccc1)NCCNc1cc(N2CCOCC2)ncn1. The number of anilines is 2. The van der Waals surface area contributed by atoms with Crippen molar-refractivity contribution in [3.63, 3.8) is 0 Å². The van der Waals surface area contributed by atoms with E-state index in [1.807, 2.05) is 36.4 Å². The molecule has 8 nitrogen and oxygen atoms in total. The van der Waals surface area contributed by atoms with E-state index >= 15 is 0 Å². The maximum absolute atomic E-state index is 11.8. The van der Waals surface area contributed by atoms with Gasteiger partial charge in [-0.15, -0.1) is 0 Å². The van der Waals surface area contributed by atoms with E-state index in [2.05, 4.69) is 25.5 Å². The second kappa shape index (κ2) is 10.4. The van der Waals surface area contributed by atoms with Crippen molar-refractivity contribution in [3.05, 3.63) is 48.3 Å². The van der Waals surface area contributed by atoms with E-state index in [4.69, 9.17) is 9.47 Å². The van der Waals surface area contributed by atoms with Crippen LogP contribution in [0.15, 0.2) is 42.7 Å². The van der Waals surface area contributed by atoms with Crippen molar-refractivity contribution in [3.8, 4) is 0 Å². The zero-order valence-electron chi connectivity index (χ0n) is 15.3. The minimum atomic E-state index is -0.135. The Morgan fingerprint density at radius 2 is 1.96 bits per heavy atom. The highest BCUT2D eigenvalue weighted by atomic mass is 16.5. The molecule has 0 radical (unpaired) electrons. The van der Waals surface area contributed by atoms with Gasteiger partial charge in [0.25, 0.3) is 0 Å². The lowest BCUT2D eigenvalue weighted by Gasteiger charge is -2.27. The highest BCUT2D eigenvalue weighted by molar-refractivity contribution is 5.77. The molecule has 1 saturated heterocycles. The largest absolute Gasteiger partial charge is 0.378 e. The second-order valence-electron chi connectivity index (χ2n) is 6.12. The van der Waals surface area contributed by atoms with E-state index in [9.17, 15) is 4.79 Å². The molecular formula is C19H25N5O3. The van der Waals surface area contributed by atoms with Gasteiger partial charge < -0.3 is 25.0 Å². The van der Waals surface area contributed by atoms with E-state index in [0.29, 0.717) is 32.9 Å². The van der Waals surface area contributed by atoms with Crippen LogP contribution < -0.4 is 15.5 Å². The number of morpholine rings is 1. The first-order chi connectivity index (χ1) is 13.3. The molecule has 1 fully saturated rings. The Hall–Kier alpha value is -2.71. The third-order valence-corrected chi connectivity index (χ3v) is 4.09. The molecule has 1 aromatic carbocycles. The molecule has 0 unspecified atom stereocenters. The standard InChI is InChI=1S/C19H25N5O3/c25-19(14-27-13-16-4-2-1-3-5-16)21-7-6-20-17-12-18(23-15-22-17)24-8-10-26-11-9-24/h1-5,12,15H,6-11,13-14H2,(H,21,25)(H,20,22,23). The Morgan fingerprint density at radius 3 is 2.78 bits per heavy atom. The van der Waals surface area contributed by atoms with Crippen LogP contribution in [0.2, 0.25) is 0 Å². The molecule has 1 amide bonds. The fourth-order valence-corrected chi connectivity index (χ4v) is 2.69. The molecule has 1 aliphatic heterocycles. The summed E-state index contributed by atoms with van der Waals surface area (Å²) in [5.41, 5.74) is 1.05. The van der Waals surface area contributed by atoms with Crippen LogP contribution >= 0.6 is 0 Å². The second-order valence-corrected chi connectivity index (χ2v) is 6.12. The van der Waals surface area contributed by atoms with Crippen LogP contribution in [0.4, 0.5) is 11.6 Å². The quantitative estimate of drug-likeness (QED) is 0.637. The molecule has 3 rings (SSSR count). The Labute approximate surface area is 158 Å². The number of hydrogen-bond acceptors (Lipinski definition) is 7. The van der Waals surface area contributed by atoms with Crippen LogP contribution in [0.5, 0.6) is 0 Å². The number of benzene rings is 1. The summed E-state index contributed by atoms with van der Waals surface area (Å²) in [6, 6.07) is 11.7. The third-order valence-electron chi connectivity index (χ3n) is 4.09. The number of rotatable bonds is 9. The van der Waals surface area contributed by atoms with Crippen LogP contribution in [0.25, 0.3) is 0 Å². The van der Waals surface area contributed by atoms with Crippen molar-refractivity contribution in [2.75, 3.05) is 56.2 Å². The third kappa shape index (κ3) is 6.50. The Balaban J connectivity index is 1.32. The molecule has 1 aromatic heterocycles. The molecule has 0 bridgehead atoms. The highest BCUT2D eigenvalue weighted by Gasteiger charge is 2.12. The van der Waals surface area contributed by atoms with Gasteiger partial charge in [0.2, 0.25) is 5.91 Å². The zero-order chi connectivity index (χ0) is 18.7. The van der Waals surface area contributed by atoms with Gasteiger partial charge in [-0.1, -0.05) is 30.3 Å². The first-order valence-corrected chi connectivity index (χ1v) is 9.08. The summed E-state index contributed by atoms with van der Waals surface area (Å²) in [5.74, 6) is 1.49. The number of hydrogen-bond donors (Lipinski definition) is 2. The van der Waals surface area contributed by atoms with E-state index in [-0.39, 0.29) is 12.5 Å². The number of ether oxygens (including phenoxy) is 2. The van der Waals surface area contributed by atoms with Gasteiger partial charge in [0.1, 0.15) is 24.6 Å². The van der Waals surface area contributed by atoms with E-state index < -0.39 is 0 Å². The van der Waals surface area contributed by atoms with Gasteiger partial charge in [0.15, 0.2) is 0 Å².